The van der Waals surface area contributed by atoms with Gasteiger partial charge in [-0.2, -0.15) is 0 Å². The lowest BCUT2D eigenvalue weighted by Crippen LogP contribution is -2.32. The Morgan fingerprint density at radius 2 is 1.72 bits per heavy atom. The normalized spacial score (nSPS) is 12.1. The predicted octanol–water partition coefficient (Wildman–Crippen LogP) is 5.18. The summed E-state index contributed by atoms with van der Waals surface area (Å²) >= 11 is 13.2. The Bertz CT molecular complexity index is 347. The van der Waals surface area contributed by atoms with E-state index in [1.807, 2.05) is 12.1 Å². The third-order valence-corrected chi connectivity index (χ3v) is 5.40. The summed E-state index contributed by atoms with van der Waals surface area (Å²) in [7, 11) is 0. The van der Waals surface area contributed by atoms with Crippen molar-refractivity contribution in [2.24, 2.45) is 0 Å². The van der Waals surface area contributed by atoms with Gasteiger partial charge in [-0.3, -0.25) is 0 Å². The zero-order chi connectivity index (χ0) is 13.6. The molecule has 0 amide bonds. The van der Waals surface area contributed by atoms with Crippen LogP contribution in [0.1, 0.15) is 25.8 Å². The molecule has 0 heterocycles. The van der Waals surface area contributed by atoms with E-state index in [9.17, 15) is 0 Å². The first-order valence-corrected chi connectivity index (χ1v) is 8.66. The maximum absolute atomic E-state index is 5.95. The van der Waals surface area contributed by atoms with Crippen molar-refractivity contribution in [3.8, 4) is 0 Å². The van der Waals surface area contributed by atoms with Gasteiger partial charge in [0.05, 0.1) is 6.10 Å². The minimum absolute atomic E-state index is 0.0550. The molecular weight excluding hydrogens is 379 g/mol. The van der Waals surface area contributed by atoms with Gasteiger partial charge >= 0.3 is 0 Å². The van der Waals surface area contributed by atoms with Crippen molar-refractivity contribution in [2.75, 3.05) is 17.3 Å². The van der Waals surface area contributed by atoms with Crippen molar-refractivity contribution < 1.29 is 4.74 Å². The molecule has 0 unspecified atom stereocenters. The molecule has 0 N–H and O–H groups in total. The first-order valence-electron chi connectivity index (χ1n) is 6.03. The van der Waals surface area contributed by atoms with Gasteiger partial charge < -0.3 is 4.74 Å². The van der Waals surface area contributed by atoms with E-state index in [1.165, 1.54) is 5.56 Å². The van der Waals surface area contributed by atoms with Crippen molar-refractivity contribution in [2.45, 2.75) is 31.8 Å². The van der Waals surface area contributed by atoms with Crippen LogP contribution in [0.25, 0.3) is 0 Å². The standard InChI is InChI=1S/C14H19Br2ClO/c1-11(2)18-8-7-14(9-15,10-16)12-3-5-13(17)6-4-12/h3-6,11H,7-10H2,1-2H3. The van der Waals surface area contributed by atoms with Crippen LogP contribution in [-0.2, 0) is 10.2 Å². The first kappa shape index (κ1) is 16.5. The van der Waals surface area contributed by atoms with Crippen LogP contribution < -0.4 is 0 Å². The van der Waals surface area contributed by atoms with E-state index in [0.717, 1.165) is 28.7 Å². The summed E-state index contributed by atoms with van der Waals surface area (Å²) in [6.07, 6.45) is 1.25. The zero-order valence-corrected chi connectivity index (χ0v) is 14.7. The monoisotopic (exact) mass is 396 g/mol. The lowest BCUT2D eigenvalue weighted by Gasteiger charge is -2.31. The molecule has 1 aromatic rings. The summed E-state index contributed by atoms with van der Waals surface area (Å²) in [6.45, 7) is 4.88. The van der Waals surface area contributed by atoms with Gasteiger partial charge in [0.25, 0.3) is 0 Å². The molecule has 1 aromatic carbocycles. The Labute approximate surface area is 132 Å². The number of ether oxygens (including phenoxy) is 1. The smallest absolute Gasteiger partial charge is 0.0518 e. The summed E-state index contributed by atoms with van der Waals surface area (Å²) < 4.78 is 5.68. The third kappa shape index (κ3) is 4.52. The van der Waals surface area contributed by atoms with Gasteiger partial charge in [0, 0.05) is 27.7 Å². The summed E-state index contributed by atoms with van der Waals surface area (Å²) in [5.41, 5.74) is 1.34. The highest BCUT2D eigenvalue weighted by Gasteiger charge is 2.29. The van der Waals surface area contributed by atoms with Crippen LogP contribution >= 0.6 is 43.5 Å². The average Bonchev–Trinajstić information content (AvgIpc) is 2.36. The Kier molecular flexibility index (Phi) is 7.22. The van der Waals surface area contributed by atoms with Crippen LogP contribution in [0.2, 0.25) is 5.02 Å². The molecule has 0 radical (unpaired) electrons. The summed E-state index contributed by atoms with van der Waals surface area (Å²) in [6, 6.07) is 8.08. The topological polar surface area (TPSA) is 9.23 Å². The second-order valence-corrected chi connectivity index (χ2v) is 6.28. The molecular formula is C14H19Br2ClO. The molecule has 0 aliphatic heterocycles. The van der Waals surface area contributed by atoms with Crippen molar-refractivity contribution in [1.29, 1.82) is 0 Å². The lowest BCUT2D eigenvalue weighted by molar-refractivity contribution is 0.0682. The van der Waals surface area contributed by atoms with Crippen molar-refractivity contribution in [1.82, 2.24) is 0 Å². The number of alkyl halides is 2. The van der Waals surface area contributed by atoms with Gasteiger partial charge in [-0.25, -0.2) is 0 Å². The highest BCUT2D eigenvalue weighted by atomic mass is 79.9. The van der Waals surface area contributed by atoms with Gasteiger partial charge in [-0.05, 0) is 38.0 Å². The van der Waals surface area contributed by atoms with E-state index in [4.69, 9.17) is 16.3 Å². The first-order chi connectivity index (χ1) is 8.54. The van der Waals surface area contributed by atoms with Crippen molar-refractivity contribution >= 4 is 43.5 Å². The van der Waals surface area contributed by atoms with Gasteiger partial charge in [-0.1, -0.05) is 55.6 Å². The highest BCUT2D eigenvalue weighted by molar-refractivity contribution is 9.09. The number of hydrogen-bond donors (Lipinski definition) is 0. The Hall–Kier alpha value is 0.430. The van der Waals surface area contributed by atoms with Crippen LogP contribution in [0.4, 0.5) is 0 Å². The molecule has 0 saturated heterocycles. The molecule has 1 nitrogen and oxygen atoms in total. The molecule has 4 heteroatoms. The fourth-order valence-electron chi connectivity index (χ4n) is 1.76. The fourth-order valence-corrected chi connectivity index (χ4v) is 4.02. The molecule has 0 spiro atoms. The van der Waals surface area contributed by atoms with E-state index in [-0.39, 0.29) is 11.5 Å². The van der Waals surface area contributed by atoms with Crippen molar-refractivity contribution in [3.63, 3.8) is 0 Å². The van der Waals surface area contributed by atoms with Crippen LogP contribution in [0.5, 0.6) is 0 Å². The summed E-state index contributed by atoms with van der Waals surface area (Å²) in [5, 5.41) is 2.57. The largest absolute Gasteiger partial charge is 0.379 e. The van der Waals surface area contributed by atoms with Gasteiger partial charge in [0.2, 0.25) is 0 Å². The summed E-state index contributed by atoms with van der Waals surface area (Å²) in [4.78, 5) is 0. The van der Waals surface area contributed by atoms with E-state index in [2.05, 4.69) is 57.8 Å². The van der Waals surface area contributed by atoms with Crippen LogP contribution in [0, 0.1) is 0 Å². The van der Waals surface area contributed by atoms with Crippen LogP contribution in [-0.4, -0.2) is 23.4 Å². The number of hydrogen-bond acceptors (Lipinski definition) is 1. The fraction of sp³-hybridized carbons (Fsp3) is 0.571. The molecule has 0 aliphatic carbocycles. The van der Waals surface area contributed by atoms with Crippen LogP contribution in [0.3, 0.4) is 0 Å². The van der Waals surface area contributed by atoms with Crippen LogP contribution in [0.15, 0.2) is 24.3 Å². The molecule has 0 atom stereocenters. The number of benzene rings is 1. The lowest BCUT2D eigenvalue weighted by atomic mass is 9.82. The van der Waals surface area contributed by atoms with E-state index in [0.29, 0.717) is 0 Å². The summed E-state index contributed by atoms with van der Waals surface area (Å²) in [5.74, 6) is 0. The van der Waals surface area contributed by atoms with Gasteiger partial charge in [0.15, 0.2) is 0 Å². The van der Waals surface area contributed by atoms with E-state index in [1.54, 1.807) is 0 Å². The average molecular weight is 399 g/mol. The molecule has 0 fully saturated rings. The Morgan fingerprint density at radius 3 is 2.17 bits per heavy atom. The highest BCUT2D eigenvalue weighted by Crippen LogP contribution is 2.33. The minimum atomic E-state index is 0.0550. The molecule has 102 valence electrons. The van der Waals surface area contributed by atoms with Gasteiger partial charge in [0.1, 0.15) is 0 Å². The molecule has 0 aliphatic rings. The second-order valence-electron chi connectivity index (χ2n) is 4.72. The van der Waals surface area contributed by atoms with E-state index < -0.39 is 0 Å². The number of rotatable bonds is 7. The predicted molar refractivity (Wildman–Crippen MR) is 86.4 cm³/mol. The Balaban J connectivity index is 2.81. The SMILES string of the molecule is CC(C)OCCC(CBr)(CBr)c1ccc(Cl)cc1. The van der Waals surface area contributed by atoms with Gasteiger partial charge in [-0.15, -0.1) is 0 Å². The Morgan fingerprint density at radius 1 is 1.17 bits per heavy atom. The quantitative estimate of drug-likeness (QED) is 0.575. The molecule has 18 heavy (non-hydrogen) atoms. The maximum atomic E-state index is 5.95. The second kappa shape index (κ2) is 7.88. The molecule has 0 bridgehead atoms. The number of halogens is 3. The third-order valence-electron chi connectivity index (χ3n) is 3.00. The molecule has 1 rings (SSSR count). The van der Waals surface area contributed by atoms with Crippen molar-refractivity contribution in [3.05, 3.63) is 34.9 Å². The van der Waals surface area contributed by atoms with E-state index >= 15 is 0 Å². The molecule has 0 saturated carbocycles. The zero-order valence-electron chi connectivity index (χ0n) is 10.8. The maximum Gasteiger partial charge on any atom is 0.0518 e. The minimum Gasteiger partial charge on any atom is -0.379 e. The molecule has 0 aromatic heterocycles.